The van der Waals surface area contributed by atoms with Crippen molar-refractivity contribution in [3.05, 3.63) is 0 Å². The van der Waals surface area contributed by atoms with Crippen LogP contribution in [-0.2, 0) is 28.7 Å². The molecule has 196 valence electrons. The lowest BCUT2D eigenvalue weighted by molar-refractivity contribution is -0.146. The van der Waals surface area contributed by atoms with Crippen LogP contribution < -0.4 is 5.32 Å². The highest BCUT2D eigenvalue weighted by molar-refractivity contribution is 6.04. The Bertz CT molecular complexity index is 742. The van der Waals surface area contributed by atoms with Crippen LogP contribution in [0.4, 0.5) is 0 Å². The number of imide groups is 1. The molecule has 1 aliphatic rings. The minimum Gasteiger partial charge on any atom is -0.380 e. The zero-order valence-corrected chi connectivity index (χ0v) is 22.7. The Hall–Kier alpha value is -1.80. The van der Waals surface area contributed by atoms with E-state index in [0.717, 1.165) is 6.29 Å². The molecule has 1 aliphatic heterocycles. The van der Waals surface area contributed by atoms with Crippen LogP contribution in [0, 0.1) is 11.3 Å². The Kier molecular flexibility index (Phi) is 10.5. The quantitative estimate of drug-likeness (QED) is 0.217. The van der Waals surface area contributed by atoms with E-state index in [2.05, 4.69) is 5.32 Å². The highest BCUT2D eigenvalue weighted by Gasteiger charge is 2.44. The predicted octanol–water partition coefficient (Wildman–Crippen LogP) is 3.65. The van der Waals surface area contributed by atoms with Gasteiger partial charge in [-0.05, 0) is 60.8 Å². The van der Waals surface area contributed by atoms with E-state index in [-0.39, 0.29) is 42.1 Å². The van der Waals surface area contributed by atoms with Crippen molar-refractivity contribution in [3.8, 4) is 0 Å². The van der Waals surface area contributed by atoms with Gasteiger partial charge < -0.3 is 19.6 Å². The molecule has 8 nitrogen and oxygen atoms in total. The number of hydrogen-bond donors (Lipinski definition) is 1. The highest BCUT2D eigenvalue weighted by Crippen LogP contribution is 2.30. The standard InChI is InChI=1S/C26H46N2O6/c1-19-16-21(31)28(22(19)32)25(6,7)11-10-20(30)27-24(4,5)12-15-34-26(8,9)13-14-33-18-23(2,3)17-29/h17,19H,10-16,18H2,1-9H3,(H,27,30). The maximum absolute atomic E-state index is 12.6. The van der Waals surface area contributed by atoms with Crippen LogP contribution in [0.25, 0.3) is 0 Å². The number of ether oxygens (including phenoxy) is 2. The van der Waals surface area contributed by atoms with E-state index < -0.39 is 16.5 Å². The molecule has 3 amide bonds. The first kappa shape index (κ1) is 30.2. The second kappa shape index (κ2) is 11.8. The van der Waals surface area contributed by atoms with Crippen molar-refractivity contribution >= 4 is 24.0 Å². The maximum atomic E-state index is 12.6. The van der Waals surface area contributed by atoms with Crippen LogP contribution in [0.2, 0.25) is 0 Å². The summed E-state index contributed by atoms with van der Waals surface area (Å²) in [5.41, 5.74) is -2.03. The zero-order chi connectivity index (χ0) is 26.4. The number of nitrogens with one attached hydrogen (secondary N) is 1. The molecule has 0 aromatic carbocycles. The monoisotopic (exact) mass is 482 g/mol. The van der Waals surface area contributed by atoms with Crippen molar-refractivity contribution in [2.45, 2.75) is 111 Å². The Labute approximate surface area is 205 Å². The van der Waals surface area contributed by atoms with Crippen molar-refractivity contribution in [2.24, 2.45) is 11.3 Å². The molecule has 1 heterocycles. The lowest BCUT2D eigenvalue weighted by atomic mass is 9.94. The number of amides is 3. The van der Waals surface area contributed by atoms with Gasteiger partial charge in [-0.1, -0.05) is 20.8 Å². The van der Waals surface area contributed by atoms with Gasteiger partial charge in [-0.15, -0.1) is 0 Å². The first-order chi connectivity index (χ1) is 15.4. The molecular formula is C26H46N2O6. The lowest BCUT2D eigenvalue weighted by Crippen LogP contribution is -2.49. The van der Waals surface area contributed by atoms with Crippen LogP contribution in [0.3, 0.4) is 0 Å². The largest absolute Gasteiger partial charge is 0.380 e. The van der Waals surface area contributed by atoms with Crippen LogP contribution in [0.1, 0.15) is 94.4 Å². The van der Waals surface area contributed by atoms with Crippen LogP contribution >= 0.6 is 0 Å². The molecule has 1 atom stereocenters. The summed E-state index contributed by atoms with van der Waals surface area (Å²) >= 11 is 0. The van der Waals surface area contributed by atoms with Gasteiger partial charge in [0, 0.05) is 48.5 Å². The minimum absolute atomic E-state index is 0.115. The Balaban J connectivity index is 2.41. The topological polar surface area (TPSA) is 102 Å². The summed E-state index contributed by atoms with van der Waals surface area (Å²) in [7, 11) is 0. The number of aldehydes is 1. The van der Waals surface area contributed by atoms with Crippen molar-refractivity contribution in [3.63, 3.8) is 0 Å². The number of rotatable bonds is 15. The summed E-state index contributed by atoms with van der Waals surface area (Å²) in [5, 5.41) is 3.05. The zero-order valence-electron chi connectivity index (χ0n) is 22.7. The maximum Gasteiger partial charge on any atom is 0.233 e. The third-order valence-electron chi connectivity index (χ3n) is 6.28. The van der Waals surface area contributed by atoms with E-state index in [1.165, 1.54) is 4.90 Å². The fourth-order valence-corrected chi connectivity index (χ4v) is 3.80. The number of hydrogen-bond acceptors (Lipinski definition) is 6. The molecule has 0 aliphatic carbocycles. The molecule has 1 saturated heterocycles. The Morgan fingerprint density at radius 3 is 2.18 bits per heavy atom. The van der Waals surface area contributed by atoms with Crippen molar-refractivity contribution in [1.82, 2.24) is 10.2 Å². The third kappa shape index (κ3) is 9.82. The van der Waals surface area contributed by atoms with Gasteiger partial charge in [0.1, 0.15) is 6.29 Å². The van der Waals surface area contributed by atoms with Crippen molar-refractivity contribution in [2.75, 3.05) is 19.8 Å². The molecule has 34 heavy (non-hydrogen) atoms. The Morgan fingerprint density at radius 1 is 1.03 bits per heavy atom. The fourth-order valence-electron chi connectivity index (χ4n) is 3.80. The minimum atomic E-state index is -0.698. The first-order valence-electron chi connectivity index (χ1n) is 12.3. The summed E-state index contributed by atoms with van der Waals surface area (Å²) in [5.74, 6) is -0.733. The Morgan fingerprint density at radius 2 is 1.65 bits per heavy atom. The molecule has 1 N–H and O–H groups in total. The van der Waals surface area contributed by atoms with Gasteiger partial charge in [0.15, 0.2) is 0 Å². The average molecular weight is 483 g/mol. The smallest absolute Gasteiger partial charge is 0.233 e. The molecule has 1 unspecified atom stereocenters. The molecule has 0 aromatic rings. The molecule has 0 bridgehead atoms. The highest BCUT2D eigenvalue weighted by atomic mass is 16.5. The molecule has 0 saturated carbocycles. The van der Waals surface area contributed by atoms with Gasteiger partial charge in [-0.2, -0.15) is 0 Å². The van der Waals surface area contributed by atoms with Crippen molar-refractivity contribution < 1.29 is 28.7 Å². The summed E-state index contributed by atoms with van der Waals surface area (Å²) < 4.78 is 11.7. The molecular weight excluding hydrogens is 436 g/mol. The van der Waals surface area contributed by atoms with Crippen LogP contribution in [-0.4, -0.2) is 65.4 Å². The molecule has 1 rings (SSSR count). The van der Waals surface area contributed by atoms with Gasteiger partial charge >= 0.3 is 0 Å². The number of likely N-dealkylation sites (tertiary alicyclic amines) is 1. The number of carbonyl (C=O) groups excluding carboxylic acids is 4. The number of nitrogens with zero attached hydrogens (tertiary/aromatic N) is 1. The fraction of sp³-hybridized carbons (Fsp3) is 0.846. The summed E-state index contributed by atoms with van der Waals surface area (Å²) in [6.07, 6.45) is 3.09. The van der Waals surface area contributed by atoms with Crippen LogP contribution in [0.5, 0.6) is 0 Å². The molecule has 8 heteroatoms. The van der Waals surface area contributed by atoms with Gasteiger partial charge in [0.2, 0.25) is 17.7 Å². The summed E-state index contributed by atoms with van der Waals surface area (Å²) in [6, 6.07) is 0. The van der Waals surface area contributed by atoms with Crippen molar-refractivity contribution in [1.29, 1.82) is 0 Å². The molecule has 0 radical (unpaired) electrons. The second-order valence-electron chi connectivity index (χ2n) is 12.2. The second-order valence-corrected chi connectivity index (χ2v) is 12.2. The van der Waals surface area contributed by atoms with Gasteiger partial charge in [-0.25, -0.2) is 0 Å². The molecule has 0 spiro atoms. The summed E-state index contributed by atoms with van der Waals surface area (Å²) in [6.45, 7) is 18.3. The van der Waals surface area contributed by atoms with E-state index >= 15 is 0 Å². The first-order valence-corrected chi connectivity index (χ1v) is 12.3. The van der Waals surface area contributed by atoms with E-state index in [9.17, 15) is 19.2 Å². The van der Waals surface area contributed by atoms with Gasteiger partial charge in [-0.3, -0.25) is 19.3 Å². The van der Waals surface area contributed by atoms with E-state index in [0.29, 0.717) is 39.1 Å². The lowest BCUT2D eigenvalue weighted by Gasteiger charge is -2.35. The number of carbonyl (C=O) groups is 4. The van der Waals surface area contributed by atoms with E-state index in [4.69, 9.17) is 9.47 Å². The van der Waals surface area contributed by atoms with E-state index in [1.54, 1.807) is 6.92 Å². The van der Waals surface area contributed by atoms with Gasteiger partial charge in [0.25, 0.3) is 0 Å². The van der Waals surface area contributed by atoms with E-state index in [1.807, 2.05) is 55.4 Å². The average Bonchev–Trinajstić information content (AvgIpc) is 2.95. The SMILES string of the molecule is CC1CC(=O)N(C(C)(C)CCC(=O)NC(C)(C)CCOC(C)(C)CCOCC(C)(C)C=O)C1=O. The van der Waals surface area contributed by atoms with Crippen LogP contribution in [0.15, 0.2) is 0 Å². The predicted molar refractivity (Wildman–Crippen MR) is 131 cm³/mol. The third-order valence-corrected chi connectivity index (χ3v) is 6.28. The summed E-state index contributed by atoms with van der Waals surface area (Å²) in [4.78, 5) is 49.5. The molecule has 0 aromatic heterocycles. The normalized spacial score (nSPS) is 17.9. The van der Waals surface area contributed by atoms with Gasteiger partial charge in [0.05, 0.1) is 12.2 Å². The molecule has 1 fully saturated rings.